The second-order valence-corrected chi connectivity index (χ2v) is 6.30. The molecular formula is C19H27N3O3. The summed E-state index contributed by atoms with van der Waals surface area (Å²) in [5.41, 5.74) is 3.17. The first-order valence-electron chi connectivity index (χ1n) is 8.55. The summed E-state index contributed by atoms with van der Waals surface area (Å²) in [5.74, 6) is 0.783. The van der Waals surface area contributed by atoms with Gasteiger partial charge in [-0.1, -0.05) is 12.1 Å². The lowest BCUT2D eigenvalue weighted by molar-refractivity contribution is -0.109. The van der Waals surface area contributed by atoms with Crippen molar-refractivity contribution < 1.29 is 14.6 Å². The SMILES string of the molecule is C/N=C(\C=C(\O)NC=O)CN1CCC(Oc2cccc(C)c2C)CC1. The summed E-state index contributed by atoms with van der Waals surface area (Å²) in [6, 6.07) is 6.16. The fourth-order valence-corrected chi connectivity index (χ4v) is 2.89. The molecule has 0 saturated carbocycles. The third kappa shape index (κ3) is 5.60. The minimum atomic E-state index is -0.191. The summed E-state index contributed by atoms with van der Waals surface area (Å²) in [6.45, 7) is 6.64. The molecule has 1 aliphatic rings. The molecular weight excluding hydrogens is 318 g/mol. The van der Waals surface area contributed by atoms with Crippen LogP contribution in [0.2, 0.25) is 0 Å². The molecule has 0 aromatic heterocycles. The van der Waals surface area contributed by atoms with E-state index in [4.69, 9.17) is 4.74 Å². The Kier molecular flexibility index (Phi) is 7.01. The molecule has 1 saturated heterocycles. The third-order valence-corrected chi connectivity index (χ3v) is 4.57. The van der Waals surface area contributed by atoms with Gasteiger partial charge in [-0.15, -0.1) is 0 Å². The van der Waals surface area contributed by atoms with Crippen molar-refractivity contribution in [3.63, 3.8) is 0 Å². The average molecular weight is 345 g/mol. The number of rotatable bonds is 7. The number of nitrogens with zero attached hydrogens (tertiary/aromatic N) is 2. The number of hydrogen-bond donors (Lipinski definition) is 2. The molecule has 0 radical (unpaired) electrons. The van der Waals surface area contributed by atoms with E-state index in [0.717, 1.165) is 37.4 Å². The molecule has 2 N–H and O–H groups in total. The van der Waals surface area contributed by atoms with Gasteiger partial charge in [0.2, 0.25) is 6.41 Å². The number of aliphatic hydroxyl groups is 1. The predicted octanol–water partition coefficient (Wildman–Crippen LogP) is 2.36. The zero-order valence-corrected chi connectivity index (χ0v) is 15.2. The highest BCUT2D eigenvalue weighted by Crippen LogP contribution is 2.24. The monoisotopic (exact) mass is 345 g/mol. The fourth-order valence-electron chi connectivity index (χ4n) is 2.89. The first-order chi connectivity index (χ1) is 12.0. The highest BCUT2D eigenvalue weighted by molar-refractivity contribution is 5.97. The largest absolute Gasteiger partial charge is 0.494 e. The van der Waals surface area contributed by atoms with E-state index >= 15 is 0 Å². The van der Waals surface area contributed by atoms with E-state index in [1.807, 2.05) is 12.1 Å². The molecule has 1 aromatic rings. The van der Waals surface area contributed by atoms with Crippen LogP contribution in [0, 0.1) is 13.8 Å². The number of benzene rings is 1. The Labute approximate surface area is 149 Å². The molecule has 6 heteroatoms. The van der Waals surface area contributed by atoms with Crippen molar-refractivity contribution in [1.82, 2.24) is 10.2 Å². The number of ether oxygens (including phenoxy) is 1. The molecule has 0 unspecified atom stereocenters. The lowest BCUT2D eigenvalue weighted by atomic mass is 10.1. The van der Waals surface area contributed by atoms with Crippen LogP contribution < -0.4 is 10.1 Å². The molecule has 1 aliphatic heterocycles. The van der Waals surface area contributed by atoms with Crippen LogP contribution in [-0.2, 0) is 4.79 Å². The van der Waals surface area contributed by atoms with Crippen LogP contribution in [0.15, 0.2) is 35.2 Å². The number of nitrogens with one attached hydrogen (secondary N) is 1. The van der Waals surface area contributed by atoms with Crippen LogP contribution in [0.25, 0.3) is 0 Å². The molecule has 136 valence electrons. The number of carbonyl (C=O) groups excluding carboxylic acids is 1. The second kappa shape index (κ2) is 9.22. The highest BCUT2D eigenvalue weighted by atomic mass is 16.5. The molecule has 2 rings (SSSR count). The first kappa shape index (κ1) is 19.0. The summed E-state index contributed by atoms with van der Waals surface area (Å²) in [4.78, 5) is 16.8. The summed E-state index contributed by atoms with van der Waals surface area (Å²) in [6.07, 6.45) is 4.04. The standard InChI is InChI=1S/C19H27N3O3/c1-14-5-4-6-18(15(14)2)25-17-7-9-22(10-8-17)12-16(20-3)11-19(24)21-13-23/h4-6,11,13,17,24H,7-10,12H2,1-3H3,(H,21,23)/b19-11+,20-16+. The molecule has 25 heavy (non-hydrogen) atoms. The maximum absolute atomic E-state index is 10.3. The molecule has 0 atom stereocenters. The summed E-state index contributed by atoms with van der Waals surface area (Å²) < 4.78 is 6.19. The lowest BCUT2D eigenvalue weighted by Gasteiger charge is -2.32. The normalized spacial score (nSPS) is 17.4. The van der Waals surface area contributed by atoms with Gasteiger partial charge in [-0.2, -0.15) is 0 Å². The van der Waals surface area contributed by atoms with Gasteiger partial charge < -0.3 is 9.84 Å². The van der Waals surface area contributed by atoms with Crippen LogP contribution in [-0.4, -0.2) is 54.9 Å². The summed E-state index contributed by atoms with van der Waals surface area (Å²) in [7, 11) is 1.68. The van der Waals surface area contributed by atoms with Gasteiger partial charge in [0.25, 0.3) is 0 Å². The predicted molar refractivity (Wildman–Crippen MR) is 99.3 cm³/mol. The van der Waals surface area contributed by atoms with E-state index in [2.05, 4.69) is 35.1 Å². The van der Waals surface area contributed by atoms with Gasteiger partial charge in [0.05, 0.1) is 5.71 Å². The Morgan fingerprint density at radius 1 is 1.40 bits per heavy atom. The molecule has 0 spiro atoms. The number of aliphatic imine (C=N–C) groups is 1. The molecule has 1 amide bonds. The molecule has 0 aliphatic carbocycles. The van der Waals surface area contributed by atoms with Gasteiger partial charge in [0.1, 0.15) is 11.9 Å². The van der Waals surface area contributed by atoms with Gasteiger partial charge in [-0.25, -0.2) is 0 Å². The maximum Gasteiger partial charge on any atom is 0.213 e. The van der Waals surface area contributed by atoms with Crippen LogP contribution >= 0.6 is 0 Å². The topological polar surface area (TPSA) is 74.2 Å². The third-order valence-electron chi connectivity index (χ3n) is 4.57. The number of hydrogen-bond acceptors (Lipinski definition) is 5. The van der Waals surface area contributed by atoms with Gasteiger partial charge in [0.15, 0.2) is 5.88 Å². The highest BCUT2D eigenvalue weighted by Gasteiger charge is 2.21. The van der Waals surface area contributed by atoms with Crippen molar-refractivity contribution in [3.8, 4) is 5.75 Å². The van der Waals surface area contributed by atoms with E-state index in [9.17, 15) is 9.90 Å². The van der Waals surface area contributed by atoms with Crippen molar-refractivity contribution in [1.29, 1.82) is 0 Å². The van der Waals surface area contributed by atoms with E-state index in [-0.39, 0.29) is 12.0 Å². The Morgan fingerprint density at radius 3 is 2.76 bits per heavy atom. The Hall–Kier alpha value is -2.34. The van der Waals surface area contributed by atoms with Crippen LogP contribution in [0.5, 0.6) is 5.75 Å². The fraction of sp³-hybridized carbons (Fsp3) is 0.474. The molecule has 1 heterocycles. The van der Waals surface area contributed by atoms with Crippen molar-refractivity contribution in [2.75, 3.05) is 26.7 Å². The van der Waals surface area contributed by atoms with E-state index in [1.54, 1.807) is 7.05 Å². The van der Waals surface area contributed by atoms with Crippen LogP contribution in [0.4, 0.5) is 0 Å². The number of amides is 1. The Balaban J connectivity index is 1.86. The number of aryl methyl sites for hydroxylation is 1. The summed E-state index contributed by atoms with van der Waals surface area (Å²) in [5, 5.41) is 11.7. The van der Waals surface area contributed by atoms with Crippen molar-refractivity contribution >= 4 is 12.1 Å². The molecule has 1 fully saturated rings. The Bertz CT molecular complexity index is 647. The van der Waals surface area contributed by atoms with E-state index in [1.165, 1.54) is 17.2 Å². The zero-order valence-electron chi connectivity index (χ0n) is 15.2. The smallest absolute Gasteiger partial charge is 0.213 e. The minimum Gasteiger partial charge on any atom is -0.494 e. The van der Waals surface area contributed by atoms with Gasteiger partial charge >= 0.3 is 0 Å². The average Bonchev–Trinajstić information content (AvgIpc) is 2.60. The number of aliphatic hydroxyl groups excluding tert-OH is 1. The van der Waals surface area contributed by atoms with Crippen molar-refractivity contribution in [2.24, 2.45) is 4.99 Å². The minimum absolute atomic E-state index is 0.191. The van der Waals surface area contributed by atoms with Gasteiger partial charge in [-0.3, -0.25) is 20.0 Å². The zero-order chi connectivity index (χ0) is 18.2. The Morgan fingerprint density at radius 2 is 2.12 bits per heavy atom. The maximum atomic E-state index is 10.3. The number of piperidine rings is 1. The first-order valence-corrected chi connectivity index (χ1v) is 8.55. The van der Waals surface area contributed by atoms with E-state index in [0.29, 0.717) is 13.0 Å². The molecule has 6 nitrogen and oxygen atoms in total. The second-order valence-electron chi connectivity index (χ2n) is 6.30. The molecule has 1 aromatic carbocycles. The van der Waals surface area contributed by atoms with Gasteiger partial charge in [0, 0.05) is 32.8 Å². The van der Waals surface area contributed by atoms with E-state index < -0.39 is 0 Å². The number of likely N-dealkylation sites (tertiary alicyclic amines) is 1. The van der Waals surface area contributed by atoms with Crippen molar-refractivity contribution in [3.05, 3.63) is 41.3 Å². The summed E-state index contributed by atoms with van der Waals surface area (Å²) >= 11 is 0. The quantitative estimate of drug-likeness (QED) is 0.452. The van der Waals surface area contributed by atoms with Crippen LogP contribution in [0.3, 0.4) is 0 Å². The van der Waals surface area contributed by atoms with Crippen LogP contribution in [0.1, 0.15) is 24.0 Å². The number of carbonyl (C=O) groups is 1. The lowest BCUT2D eigenvalue weighted by Crippen LogP contribution is -2.40. The molecule has 0 bridgehead atoms. The van der Waals surface area contributed by atoms with Crippen molar-refractivity contribution in [2.45, 2.75) is 32.8 Å². The van der Waals surface area contributed by atoms with Gasteiger partial charge in [-0.05, 0) is 43.9 Å².